The molecule has 0 saturated carbocycles. The van der Waals surface area contributed by atoms with Crippen LogP contribution in [0.4, 0.5) is 10.1 Å². The molecule has 9 heteroatoms. The summed E-state index contributed by atoms with van der Waals surface area (Å²) in [7, 11) is 0. The van der Waals surface area contributed by atoms with E-state index in [1.807, 2.05) is 31.2 Å². The van der Waals surface area contributed by atoms with Crippen molar-refractivity contribution in [2.24, 2.45) is 0 Å². The molecule has 2 heterocycles. The summed E-state index contributed by atoms with van der Waals surface area (Å²) in [5, 5.41) is 14.5. The van der Waals surface area contributed by atoms with Crippen LogP contribution < -0.4 is 5.32 Å². The summed E-state index contributed by atoms with van der Waals surface area (Å²) in [5.74, 6) is -0.910. The Morgan fingerprint density at radius 2 is 1.96 bits per heavy atom. The molecular weight excluding hydrogens is 363 g/mol. The maximum Gasteiger partial charge on any atom is 0.316 e. The lowest BCUT2D eigenvalue weighted by atomic mass is 10.1. The van der Waals surface area contributed by atoms with Crippen LogP contribution in [0, 0.1) is 5.82 Å². The number of nitrogens with zero attached hydrogens (tertiary/aromatic N) is 5. The lowest BCUT2D eigenvalue weighted by Gasteiger charge is -2.07. The normalized spacial score (nSPS) is 10.8. The number of rotatable bonds is 5. The number of hydrogen-bond donors (Lipinski definition) is 1. The zero-order chi connectivity index (χ0) is 19.5. The Morgan fingerprint density at radius 3 is 2.75 bits per heavy atom. The summed E-state index contributed by atoms with van der Waals surface area (Å²) < 4.78 is 19.5. The minimum absolute atomic E-state index is 0.127. The Morgan fingerprint density at radius 1 is 1.18 bits per heavy atom. The molecule has 0 fully saturated rings. The highest BCUT2D eigenvalue weighted by Gasteiger charge is 2.19. The summed E-state index contributed by atoms with van der Waals surface area (Å²) in [6.45, 7) is 2.00. The number of para-hydroxylation sites is 1. The number of halogens is 1. The van der Waals surface area contributed by atoms with Crippen molar-refractivity contribution in [2.45, 2.75) is 13.3 Å². The molecule has 28 heavy (non-hydrogen) atoms. The SMILES string of the molecule is CCc1ccccc1NC(=O)c1nc(-c2cn(-c3ccc(F)cc3)nn2)no1. The van der Waals surface area contributed by atoms with E-state index in [0.717, 1.165) is 12.0 Å². The van der Waals surface area contributed by atoms with Crippen LogP contribution in [0.2, 0.25) is 0 Å². The number of benzene rings is 2. The highest BCUT2D eigenvalue weighted by Crippen LogP contribution is 2.18. The number of anilines is 1. The minimum atomic E-state index is -0.509. The second-order valence-corrected chi connectivity index (χ2v) is 5.91. The maximum atomic E-state index is 13.0. The van der Waals surface area contributed by atoms with Gasteiger partial charge in [-0.3, -0.25) is 4.79 Å². The predicted molar refractivity (Wildman–Crippen MR) is 98.4 cm³/mol. The van der Waals surface area contributed by atoms with Crippen LogP contribution in [0.15, 0.2) is 59.3 Å². The molecule has 2 aromatic carbocycles. The summed E-state index contributed by atoms with van der Waals surface area (Å²) in [6, 6.07) is 13.3. The van der Waals surface area contributed by atoms with E-state index in [1.165, 1.54) is 16.8 Å². The first-order valence-corrected chi connectivity index (χ1v) is 8.55. The van der Waals surface area contributed by atoms with Crippen molar-refractivity contribution >= 4 is 11.6 Å². The van der Waals surface area contributed by atoms with E-state index in [0.29, 0.717) is 17.1 Å². The number of amides is 1. The third kappa shape index (κ3) is 3.50. The van der Waals surface area contributed by atoms with Gasteiger partial charge in [0.15, 0.2) is 5.69 Å². The smallest absolute Gasteiger partial charge is 0.316 e. The van der Waals surface area contributed by atoms with E-state index < -0.39 is 5.91 Å². The van der Waals surface area contributed by atoms with Crippen molar-refractivity contribution in [1.29, 1.82) is 0 Å². The molecule has 0 spiro atoms. The molecule has 4 aromatic rings. The molecule has 0 bridgehead atoms. The van der Waals surface area contributed by atoms with Crippen molar-refractivity contribution in [3.63, 3.8) is 0 Å². The predicted octanol–water partition coefficient (Wildman–Crippen LogP) is 3.27. The number of carbonyl (C=O) groups excluding carboxylic acids is 1. The van der Waals surface area contributed by atoms with Crippen molar-refractivity contribution in [1.82, 2.24) is 25.1 Å². The van der Waals surface area contributed by atoms with Gasteiger partial charge in [-0.25, -0.2) is 9.07 Å². The van der Waals surface area contributed by atoms with Crippen molar-refractivity contribution in [3.05, 3.63) is 72.0 Å². The summed E-state index contributed by atoms with van der Waals surface area (Å²) >= 11 is 0. The summed E-state index contributed by atoms with van der Waals surface area (Å²) in [5.41, 5.74) is 2.63. The standard InChI is InChI=1S/C19H15FN6O2/c1-2-12-5-3-4-6-15(12)21-18(27)19-22-17(24-28-19)16-11-26(25-23-16)14-9-7-13(20)8-10-14/h3-11H,2H2,1H3,(H,21,27). The Balaban J connectivity index is 1.53. The first kappa shape index (κ1) is 17.5. The van der Waals surface area contributed by atoms with Crippen LogP contribution >= 0.6 is 0 Å². The van der Waals surface area contributed by atoms with Crippen LogP contribution in [0.25, 0.3) is 17.2 Å². The second kappa shape index (κ2) is 7.39. The lowest BCUT2D eigenvalue weighted by Crippen LogP contribution is -2.13. The van der Waals surface area contributed by atoms with E-state index in [1.54, 1.807) is 18.3 Å². The molecule has 140 valence electrons. The van der Waals surface area contributed by atoms with E-state index in [4.69, 9.17) is 4.52 Å². The first-order valence-electron chi connectivity index (χ1n) is 8.55. The molecular formula is C19H15FN6O2. The molecule has 0 atom stereocenters. The van der Waals surface area contributed by atoms with Crippen molar-refractivity contribution in [2.75, 3.05) is 5.32 Å². The largest absolute Gasteiger partial charge is 0.328 e. The van der Waals surface area contributed by atoms with Gasteiger partial charge in [0, 0.05) is 5.69 Å². The highest BCUT2D eigenvalue weighted by atomic mass is 19.1. The van der Waals surface area contributed by atoms with E-state index in [2.05, 4.69) is 25.8 Å². The first-order chi connectivity index (χ1) is 13.6. The number of hydrogen-bond acceptors (Lipinski definition) is 6. The van der Waals surface area contributed by atoms with Gasteiger partial charge in [0.25, 0.3) is 0 Å². The molecule has 0 saturated heterocycles. The van der Waals surface area contributed by atoms with E-state index >= 15 is 0 Å². The Kier molecular flexibility index (Phi) is 4.63. The molecule has 8 nitrogen and oxygen atoms in total. The van der Waals surface area contributed by atoms with Crippen LogP contribution in [0.3, 0.4) is 0 Å². The minimum Gasteiger partial charge on any atom is -0.328 e. The second-order valence-electron chi connectivity index (χ2n) is 5.91. The lowest BCUT2D eigenvalue weighted by molar-refractivity contribution is 0.0981. The Labute approximate surface area is 159 Å². The van der Waals surface area contributed by atoms with Crippen LogP contribution in [-0.4, -0.2) is 31.0 Å². The fourth-order valence-corrected chi connectivity index (χ4v) is 2.63. The fraction of sp³-hybridized carbons (Fsp3) is 0.105. The molecule has 4 rings (SSSR count). The van der Waals surface area contributed by atoms with Gasteiger partial charge >= 0.3 is 11.8 Å². The van der Waals surface area contributed by atoms with Gasteiger partial charge in [0.2, 0.25) is 5.82 Å². The number of carbonyl (C=O) groups is 1. The third-order valence-electron chi connectivity index (χ3n) is 4.08. The quantitative estimate of drug-likeness (QED) is 0.572. The summed E-state index contributed by atoms with van der Waals surface area (Å²) in [4.78, 5) is 16.5. The third-order valence-corrected chi connectivity index (χ3v) is 4.08. The topological polar surface area (TPSA) is 98.7 Å². The van der Waals surface area contributed by atoms with E-state index in [-0.39, 0.29) is 17.5 Å². The molecule has 0 aliphatic carbocycles. The van der Waals surface area contributed by atoms with Gasteiger partial charge in [-0.05, 0) is 42.3 Å². The van der Waals surface area contributed by atoms with Crippen LogP contribution in [-0.2, 0) is 6.42 Å². The molecule has 0 aliphatic rings. The van der Waals surface area contributed by atoms with Crippen LogP contribution in [0.1, 0.15) is 23.2 Å². The maximum absolute atomic E-state index is 13.0. The average Bonchev–Trinajstić information content (AvgIpc) is 3.39. The zero-order valence-corrected chi connectivity index (χ0v) is 14.8. The number of nitrogens with one attached hydrogen (secondary N) is 1. The van der Waals surface area contributed by atoms with Crippen molar-refractivity contribution < 1.29 is 13.7 Å². The highest BCUT2D eigenvalue weighted by molar-refractivity contribution is 6.01. The molecule has 0 aliphatic heterocycles. The van der Waals surface area contributed by atoms with Gasteiger partial charge in [-0.1, -0.05) is 35.5 Å². The molecule has 1 amide bonds. The van der Waals surface area contributed by atoms with Crippen molar-refractivity contribution in [3.8, 4) is 17.2 Å². The summed E-state index contributed by atoms with van der Waals surface area (Å²) in [6.07, 6.45) is 2.34. The van der Waals surface area contributed by atoms with Gasteiger partial charge in [-0.15, -0.1) is 5.10 Å². The van der Waals surface area contributed by atoms with E-state index in [9.17, 15) is 9.18 Å². The zero-order valence-electron chi connectivity index (χ0n) is 14.8. The average molecular weight is 378 g/mol. The van der Waals surface area contributed by atoms with Gasteiger partial charge in [0.1, 0.15) is 5.82 Å². The molecule has 0 radical (unpaired) electrons. The fourth-order valence-electron chi connectivity index (χ4n) is 2.63. The van der Waals surface area contributed by atoms with Crippen LogP contribution in [0.5, 0.6) is 0 Å². The Bertz CT molecular complexity index is 1120. The number of aromatic nitrogens is 5. The monoisotopic (exact) mass is 378 g/mol. The molecule has 0 unspecified atom stereocenters. The molecule has 1 N–H and O–H groups in total. The number of aryl methyl sites for hydroxylation is 1. The molecule has 2 aromatic heterocycles. The Hall–Kier alpha value is -3.88. The van der Waals surface area contributed by atoms with Gasteiger partial charge < -0.3 is 9.84 Å². The van der Waals surface area contributed by atoms with Gasteiger partial charge in [0.05, 0.1) is 11.9 Å². The van der Waals surface area contributed by atoms with Gasteiger partial charge in [-0.2, -0.15) is 4.98 Å².